The Balaban J connectivity index is 3.19. The highest BCUT2D eigenvalue weighted by molar-refractivity contribution is 5.46. The van der Waals surface area contributed by atoms with E-state index in [9.17, 15) is 10.1 Å². The molecular formula is C11H18N4O3. The van der Waals surface area contributed by atoms with E-state index >= 15 is 0 Å². The fraction of sp³-hybridized carbons (Fsp3) is 0.636. The van der Waals surface area contributed by atoms with Gasteiger partial charge >= 0.3 is 5.69 Å². The molecule has 0 aliphatic rings. The van der Waals surface area contributed by atoms with Gasteiger partial charge in [-0.25, -0.2) is 4.98 Å². The topological polar surface area (TPSA) is 90.2 Å². The average Bonchev–Trinajstić information content (AvgIpc) is 2.36. The molecule has 1 aromatic heterocycles. The van der Waals surface area contributed by atoms with Crippen molar-refractivity contribution in [3.05, 3.63) is 22.1 Å². The second kappa shape index (κ2) is 6.25. The van der Waals surface area contributed by atoms with E-state index in [4.69, 9.17) is 4.74 Å². The lowest BCUT2D eigenvalue weighted by molar-refractivity contribution is -0.387. The molecule has 0 aliphatic heterocycles. The van der Waals surface area contributed by atoms with Crippen molar-refractivity contribution in [2.45, 2.75) is 32.7 Å². The third kappa shape index (κ3) is 2.92. The van der Waals surface area contributed by atoms with Crippen LogP contribution in [0.5, 0.6) is 5.88 Å². The highest BCUT2D eigenvalue weighted by atomic mass is 16.6. The summed E-state index contributed by atoms with van der Waals surface area (Å²) in [5, 5.41) is 14.3. The van der Waals surface area contributed by atoms with Gasteiger partial charge in [0.15, 0.2) is 0 Å². The largest absolute Gasteiger partial charge is 0.476 e. The molecule has 0 saturated carbocycles. The van der Waals surface area contributed by atoms with E-state index in [1.807, 2.05) is 20.8 Å². The van der Waals surface area contributed by atoms with Crippen LogP contribution in [0, 0.1) is 10.1 Å². The molecule has 0 fully saturated rings. The van der Waals surface area contributed by atoms with Crippen LogP contribution < -0.4 is 10.1 Å². The van der Waals surface area contributed by atoms with Crippen molar-refractivity contribution in [2.24, 2.45) is 0 Å². The number of hydrogen-bond donors (Lipinski definition) is 1. The monoisotopic (exact) mass is 254 g/mol. The molecule has 100 valence electrons. The fourth-order valence-corrected chi connectivity index (χ4v) is 1.77. The molecule has 1 aromatic rings. The van der Waals surface area contributed by atoms with Crippen LogP contribution in [-0.2, 0) is 0 Å². The standard InChI is InChI=1S/C11H18N4O3/c1-5-12-8(3)7(2)9-10(15(16)17)11(18-4)14-6-13-9/h6-8,12H,5H2,1-4H3. The Morgan fingerprint density at radius 1 is 1.50 bits per heavy atom. The summed E-state index contributed by atoms with van der Waals surface area (Å²) in [5.74, 6) is -0.109. The normalized spacial score (nSPS) is 14.0. The number of hydrogen-bond acceptors (Lipinski definition) is 6. The van der Waals surface area contributed by atoms with Crippen molar-refractivity contribution >= 4 is 5.69 Å². The van der Waals surface area contributed by atoms with Crippen LogP contribution in [0.3, 0.4) is 0 Å². The maximum Gasteiger partial charge on any atom is 0.352 e. The molecule has 0 radical (unpaired) electrons. The van der Waals surface area contributed by atoms with Gasteiger partial charge in [0.25, 0.3) is 5.88 Å². The minimum Gasteiger partial charge on any atom is -0.476 e. The molecular weight excluding hydrogens is 236 g/mol. The van der Waals surface area contributed by atoms with Gasteiger partial charge in [-0.1, -0.05) is 13.8 Å². The predicted octanol–water partition coefficient (Wildman–Crippen LogP) is 1.49. The van der Waals surface area contributed by atoms with Gasteiger partial charge in [-0.05, 0) is 13.5 Å². The number of nitrogens with zero attached hydrogens (tertiary/aromatic N) is 3. The zero-order valence-corrected chi connectivity index (χ0v) is 11.0. The smallest absolute Gasteiger partial charge is 0.352 e. The van der Waals surface area contributed by atoms with Crippen molar-refractivity contribution in [3.63, 3.8) is 0 Å². The molecule has 0 amide bonds. The number of ether oxygens (including phenoxy) is 1. The fourth-order valence-electron chi connectivity index (χ4n) is 1.77. The van der Waals surface area contributed by atoms with Crippen LogP contribution in [0.1, 0.15) is 32.4 Å². The average molecular weight is 254 g/mol. The van der Waals surface area contributed by atoms with Gasteiger partial charge in [0.05, 0.1) is 12.0 Å². The molecule has 7 heteroatoms. The van der Waals surface area contributed by atoms with Gasteiger partial charge in [0, 0.05) is 12.0 Å². The van der Waals surface area contributed by atoms with Crippen LogP contribution in [0.25, 0.3) is 0 Å². The number of likely N-dealkylation sites (N-methyl/N-ethyl adjacent to an activating group) is 1. The lowest BCUT2D eigenvalue weighted by atomic mass is 9.98. The predicted molar refractivity (Wildman–Crippen MR) is 66.8 cm³/mol. The Bertz CT molecular complexity index is 425. The molecule has 0 spiro atoms. The van der Waals surface area contributed by atoms with Crippen molar-refractivity contribution in [1.82, 2.24) is 15.3 Å². The molecule has 7 nitrogen and oxygen atoms in total. The Kier molecular flexibility index (Phi) is 4.96. The van der Waals surface area contributed by atoms with Crippen LogP contribution in [0.15, 0.2) is 6.33 Å². The lowest BCUT2D eigenvalue weighted by Crippen LogP contribution is -2.31. The Labute approximate surface area is 106 Å². The van der Waals surface area contributed by atoms with E-state index in [0.29, 0.717) is 5.69 Å². The van der Waals surface area contributed by atoms with Crippen LogP contribution in [0.2, 0.25) is 0 Å². The second-order valence-electron chi connectivity index (χ2n) is 4.01. The Morgan fingerprint density at radius 2 is 2.17 bits per heavy atom. The zero-order valence-electron chi connectivity index (χ0n) is 11.0. The summed E-state index contributed by atoms with van der Waals surface area (Å²) < 4.78 is 4.92. The van der Waals surface area contributed by atoms with E-state index in [-0.39, 0.29) is 23.5 Å². The van der Waals surface area contributed by atoms with E-state index in [1.54, 1.807) is 0 Å². The van der Waals surface area contributed by atoms with Gasteiger partial charge in [-0.3, -0.25) is 10.1 Å². The van der Waals surface area contributed by atoms with E-state index < -0.39 is 4.92 Å². The molecule has 0 aromatic carbocycles. The summed E-state index contributed by atoms with van der Waals surface area (Å²) in [5.41, 5.74) is 0.234. The van der Waals surface area contributed by atoms with E-state index in [0.717, 1.165) is 6.54 Å². The Morgan fingerprint density at radius 3 is 2.67 bits per heavy atom. The Hall–Kier alpha value is -1.76. The van der Waals surface area contributed by atoms with E-state index in [1.165, 1.54) is 13.4 Å². The van der Waals surface area contributed by atoms with Gasteiger partial charge < -0.3 is 10.1 Å². The molecule has 0 saturated heterocycles. The van der Waals surface area contributed by atoms with Crippen molar-refractivity contribution in [3.8, 4) is 5.88 Å². The van der Waals surface area contributed by atoms with Crippen molar-refractivity contribution < 1.29 is 9.66 Å². The number of aromatic nitrogens is 2. The number of methoxy groups -OCH3 is 1. The van der Waals surface area contributed by atoms with Crippen LogP contribution in [-0.4, -0.2) is 34.6 Å². The molecule has 18 heavy (non-hydrogen) atoms. The zero-order chi connectivity index (χ0) is 13.7. The molecule has 1 N–H and O–H groups in total. The maximum absolute atomic E-state index is 11.1. The first kappa shape index (κ1) is 14.3. The van der Waals surface area contributed by atoms with Crippen LogP contribution >= 0.6 is 0 Å². The summed E-state index contributed by atoms with van der Waals surface area (Å²) in [4.78, 5) is 18.4. The first-order chi connectivity index (χ1) is 8.52. The van der Waals surface area contributed by atoms with Gasteiger partial charge in [0.1, 0.15) is 12.0 Å². The van der Waals surface area contributed by atoms with Gasteiger partial charge in [0.2, 0.25) is 0 Å². The highest BCUT2D eigenvalue weighted by Crippen LogP contribution is 2.32. The lowest BCUT2D eigenvalue weighted by Gasteiger charge is -2.20. The quantitative estimate of drug-likeness (QED) is 0.611. The van der Waals surface area contributed by atoms with Gasteiger partial charge in [-0.15, -0.1) is 0 Å². The first-order valence-electron chi connectivity index (χ1n) is 5.79. The van der Waals surface area contributed by atoms with Crippen molar-refractivity contribution in [1.29, 1.82) is 0 Å². The molecule has 1 rings (SSSR count). The third-order valence-corrected chi connectivity index (χ3v) is 2.90. The molecule has 2 atom stereocenters. The number of rotatable bonds is 6. The SMILES string of the molecule is CCNC(C)C(C)c1ncnc(OC)c1[N+](=O)[O-]. The summed E-state index contributed by atoms with van der Waals surface area (Å²) in [6.07, 6.45) is 1.29. The maximum atomic E-state index is 11.1. The summed E-state index contributed by atoms with van der Waals surface area (Å²) in [6, 6.07) is 0.0771. The summed E-state index contributed by atoms with van der Waals surface area (Å²) in [7, 11) is 1.36. The molecule has 0 aliphatic carbocycles. The minimum absolute atomic E-state index is 0.000508. The number of nitrogens with one attached hydrogen (secondary N) is 1. The second-order valence-corrected chi connectivity index (χ2v) is 4.01. The third-order valence-electron chi connectivity index (χ3n) is 2.90. The summed E-state index contributed by atoms with van der Waals surface area (Å²) in [6.45, 7) is 6.63. The van der Waals surface area contributed by atoms with E-state index in [2.05, 4.69) is 15.3 Å². The summed E-state index contributed by atoms with van der Waals surface area (Å²) >= 11 is 0. The minimum atomic E-state index is -0.497. The van der Waals surface area contributed by atoms with Crippen molar-refractivity contribution in [2.75, 3.05) is 13.7 Å². The number of nitro groups is 1. The highest BCUT2D eigenvalue weighted by Gasteiger charge is 2.29. The molecule has 0 bridgehead atoms. The first-order valence-corrected chi connectivity index (χ1v) is 5.79. The van der Waals surface area contributed by atoms with Crippen LogP contribution in [0.4, 0.5) is 5.69 Å². The molecule has 1 heterocycles. The van der Waals surface area contributed by atoms with Gasteiger partial charge in [-0.2, -0.15) is 4.98 Å². The molecule has 2 unspecified atom stereocenters.